The van der Waals surface area contributed by atoms with Crippen LogP contribution in [-0.4, -0.2) is 81.4 Å². The van der Waals surface area contributed by atoms with Gasteiger partial charge in [0.05, 0.1) is 17.1 Å². The smallest absolute Gasteiger partial charge is 0.329 e. The molecule has 0 amide bonds. The summed E-state index contributed by atoms with van der Waals surface area (Å²) in [6.07, 6.45) is 2.58. The van der Waals surface area contributed by atoms with Gasteiger partial charge >= 0.3 is 5.69 Å². The van der Waals surface area contributed by atoms with E-state index in [0.717, 1.165) is 63.0 Å². The predicted molar refractivity (Wildman–Crippen MR) is 117 cm³/mol. The Morgan fingerprint density at radius 3 is 2.57 bits per heavy atom. The molecular formula is C22H35N5O3. The van der Waals surface area contributed by atoms with Crippen molar-refractivity contribution >= 4 is 11.0 Å². The lowest BCUT2D eigenvalue weighted by molar-refractivity contribution is -0.0275. The molecule has 2 fully saturated rings. The number of piperazine rings is 1. The molecule has 3 unspecified atom stereocenters. The number of aliphatic hydroxyl groups excluding tert-OH is 2. The number of unbranched alkanes of at least 4 members (excludes halogenated alkanes) is 1. The van der Waals surface area contributed by atoms with Gasteiger partial charge in [0.1, 0.15) is 12.5 Å². The van der Waals surface area contributed by atoms with Gasteiger partial charge in [-0.25, -0.2) is 4.79 Å². The zero-order chi connectivity index (χ0) is 21.3. The Kier molecular flexibility index (Phi) is 6.60. The number of fused-ring (bicyclic) bond motifs is 1. The van der Waals surface area contributed by atoms with E-state index in [9.17, 15) is 15.0 Å². The molecule has 30 heavy (non-hydrogen) atoms. The van der Waals surface area contributed by atoms with Gasteiger partial charge in [-0.15, -0.1) is 0 Å². The molecule has 3 atom stereocenters. The molecule has 0 saturated carbocycles. The third-order valence-electron chi connectivity index (χ3n) is 6.75. The molecule has 2 aliphatic rings. The van der Waals surface area contributed by atoms with Crippen LogP contribution in [0.5, 0.6) is 0 Å². The van der Waals surface area contributed by atoms with Gasteiger partial charge in [-0.3, -0.25) is 14.5 Å². The fraction of sp³-hybridized carbons (Fsp3) is 0.682. The molecule has 1 aromatic heterocycles. The van der Waals surface area contributed by atoms with Crippen LogP contribution < -0.4 is 11.0 Å². The predicted octanol–water partition coefficient (Wildman–Crippen LogP) is 0.471. The summed E-state index contributed by atoms with van der Waals surface area (Å²) in [6.45, 7) is 5.72. The first-order valence-electron chi connectivity index (χ1n) is 11.2. The molecule has 2 aliphatic heterocycles. The first kappa shape index (κ1) is 21.5. The Bertz CT molecular complexity index is 915. The molecule has 0 radical (unpaired) electrons. The summed E-state index contributed by atoms with van der Waals surface area (Å²) in [5, 5.41) is 22.9. The van der Waals surface area contributed by atoms with Crippen LogP contribution in [0.3, 0.4) is 0 Å². The Labute approximate surface area is 177 Å². The molecule has 2 saturated heterocycles. The number of likely N-dealkylation sites (N-methyl/N-ethyl adjacent to an activating group) is 1. The topological polar surface area (TPSA) is 85.9 Å². The number of nitrogens with zero attached hydrogens (tertiary/aromatic N) is 4. The number of aromatic nitrogens is 2. The maximum absolute atomic E-state index is 13.0. The van der Waals surface area contributed by atoms with E-state index in [0.29, 0.717) is 12.8 Å². The highest BCUT2D eigenvalue weighted by Gasteiger charge is 2.31. The summed E-state index contributed by atoms with van der Waals surface area (Å²) < 4.78 is 3.41. The summed E-state index contributed by atoms with van der Waals surface area (Å²) >= 11 is 0. The van der Waals surface area contributed by atoms with Crippen molar-refractivity contribution in [3.63, 3.8) is 0 Å². The molecule has 0 bridgehead atoms. The number of hydrogen-bond acceptors (Lipinski definition) is 6. The summed E-state index contributed by atoms with van der Waals surface area (Å²) in [7, 11) is 3.99. The number of benzene rings is 1. The van der Waals surface area contributed by atoms with Gasteiger partial charge in [0, 0.05) is 33.2 Å². The normalized spacial score (nSPS) is 26.5. The van der Waals surface area contributed by atoms with E-state index in [1.807, 2.05) is 19.2 Å². The second kappa shape index (κ2) is 9.20. The van der Waals surface area contributed by atoms with E-state index >= 15 is 0 Å². The van der Waals surface area contributed by atoms with Crippen molar-refractivity contribution in [3.05, 3.63) is 34.2 Å². The minimum absolute atomic E-state index is 0.114. The van der Waals surface area contributed by atoms with Crippen molar-refractivity contribution in [3.8, 4) is 0 Å². The van der Waals surface area contributed by atoms with Gasteiger partial charge in [-0.1, -0.05) is 12.1 Å². The number of rotatable bonds is 6. The van der Waals surface area contributed by atoms with Crippen LogP contribution in [-0.2, 0) is 13.5 Å². The second-order valence-electron chi connectivity index (χ2n) is 8.87. The molecule has 2 aromatic rings. The Hall–Kier alpha value is -1.71. The average Bonchev–Trinajstić information content (AvgIpc) is 2.98. The monoisotopic (exact) mass is 417 g/mol. The third kappa shape index (κ3) is 4.33. The van der Waals surface area contributed by atoms with Crippen LogP contribution in [0.15, 0.2) is 23.0 Å². The molecule has 4 rings (SSSR count). The van der Waals surface area contributed by atoms with Gasteiger partial charge < -0.3 is 20.0 Å². The minimum atomic E-state index is -0.940. The van der Waals surface area contributed by atoms with Crippen LogP contribution >= 0.6 is 0 Å². The fourth-order valence-electron chi connectivity index (χ4n) is 4.91. The maximum atomic E-state index is 13.0. The summed E-state index contributed by atoms with van der Waals surface area (Å²) in [5.74, 6) is 0. The SMILES string of the molecule is CN1CCN(CCCCc2cccc3c2n(C)c(=O)n3C2CCC(O)NC2O)CC1. The quantitative estimate of drug-likeness (QED) is 0.593. The molecular weight excluding hydrogens is 382 g/mol. The van der Waals surface area contributed by atoms with Crippen molar-refractivity contribution in [2.75, 3.05) is 39.8 Å². The fourth-order valence-corrected chi connectivity index (χ4v) is 4.91. The van der Waals surface area contributed by atoms with Crippen LogP contribution in [0.4, 0.5) is 0 Å². The molecule has 3 heterocycles. The van der Waals surface area contributed by atoms with E-state index in [2.05, 4.69) is 28.2 Å². The number of piperidine rings is 1. The molecule has 8 nitrogen and oxygen atoms in total. The molecule has 3 N–H and O–H groups in total. The van der Waals surface area contributed by atoms with Crippen LogP contribution in [0.25, 0.3) is 11.0 Å². The molecule has 166 valence electrons. The maximum Gasteiger partial charge on any atom is 0.329 e. The largest absolute Gasteiger partial charge is 0.379 e. The third-order valence-corrected chi connectivity index (χ3v) is 6.75. The van der Waals surface area contributed by atoms with Crippen molar-refractivity contribution in [1.29, 1.82) is 0 Å². The van der Waals surface area contributed by atoms with Crippen molar-refractivity contribution in [1.82, 2.24) is 24.3 Å². The number of aryl methyl sites for hydroxylation is 2. The first-order chi connectivity index (χ1) is 14.5. The molecule has 1 aromatic carbocycles. The lowest BCUT2D eigenvalue weighted by Gasteiger charge is -2.32. The zero-order valence-corrected chi connectivity index (χ0v) is 18.1. The molecule has 0 aliphatic carbocycles. The zero-order valence-electron chi connectivity index (χ0n) is 18.1. The average molecular weight is 418 g/mol. The number of aliphatic hydroxyl groups is 2. The van der Waals surface area contributed by atoms with E-state index in [1.165, 1.54) is 5.56 Å². The number of imidazole rings is 1. The number of hydrogen-bond donors (Lipinski definition) is 3. The first-order valence-corrected chi connectivity index (χ1v) is 11.2. The lowest BCUT2D eigenvalue weighted by atomic mass is 10.0. The van der Waals surface area contributed by atoms with E-state index in [1.54, 1.807) is 9.13 Å². The van der Waals surface area contributed by atoms with Crippen molar-refractivity contribution in [2.24, 2.45) is 7.05 Å². The van der Waals surface area contributed by atoms with Gasteiger partial charge in [-0.05, 0) is 57.3 Å². The van der Waals surface area contributed by atoms with Gasteiger partial charge in [0.25, 0.3) is 0 Å². The van der Waals surface area contributed by atoms with E-state index in [4.69, 9.17) is 0 Å². The van der Waals surface area contributed by atoms with Crippen LogP contribution in [0.2, 0.25) is 0 Å². The van der Waals surface area contributed by atoms with Crippen molar-refractivity contribution in [2.45, 2.75) is 50.6 Å². The summed E-state index contributed by atoms with van der Waals surface area (Å²) in [6, 6.07) is 5.70. The second-order valence-corrected chi connectivity index (χ2v) is 8.87. The standard InChI is InChI=1S/C22H35N5O3/c1-24-12-14-26(15-13-24)11-4-3-6-16-7-5-8-17-20(16)25(2)22(30)27(17)18-9-10-19(28)23-21(18)29/h5,7-8,18-19,21,23,28-29H,3-4,6,9-15H2,1-2H3. The number of nitrogens with one attached hydrogen (secondary N) is 1. The van der Waals surface area contributed by atoms with Crippen LogP contribution in [0, 0.1) is 0 Å². The summed E-state index contributed by atoms with van der Waals surface area (Å²) in [4.78, 5) is 18.0. The van der Waals surface area contributed by atoms with Gasteiger partial charge in [0.2, 0.25) is 0 Å². The lowest BCUT2D eigenvalue weighted by Crippen LogP contribution is -2.49. The van der Waals surface area contributed by atoms with Crippen LogP contribution in [0.1, 0.15) is 37.3 Å². The Morgan fingerprint density at radius 2 is 1.83 bits per heavy atom. The van der Waals surface area contributed by atoms with E-state index < -0.39 is 12.5 Å². The van der Waals surface area contributed by atoms with Gasteiger partial charge in [-0.2, -0.15) is 0 Å². The van der Waals surface area contributed by atoms with Crippen molar-refractivity contribution < 1.29 is 10.2 Å². The molecule has 8 heteroatoms. The highest BCUT2D eigenvalue weighted by atomic mass is 16.3. The number of para-hydroxylation sites is 1. The Balaban J connectivity index is 1.48. The summed E-state index contributed by atoms with van der Waals surface area (Å²) in [5.41, 5.74) is 2.89. The van der Waals surface area contributed by atoms with E-state index in [-0.39, 0.29) is 11.7 Å². The highest BCUT2D eigenvalue weighted by molar-refractivity contribution is 5.80. The van der Waals surface area contributed by atoms with Gasteiger partial charge in [0.15, 0.2) is 0 Å². The Morgan fingerprint density at radius 1 is 1.07 bits per heavy atom. The highest BCUT2D eigenvalue weighted by Crippen LogP contribution is 2.28. The minimum Gasteiger partial charge on any atom is -0.379 e. The molecule has 0 spiro atoms.